The average molecular weight is 279 g/mol. The molecule has 2 nitrogen and oxygen atoms in total. The van der Waals surface area contributed by atoms with Crippen molar-refractivity contribution in [2.24, 2.45) is 0 Å². The van der Waals surface area contributed by atoms with Crippen molar-refractivity contribution in [1.29, 1.82) is 0 Å². The van der Waals surface area contributed by atoms with Gasteiger partial charge in [-0.05, 0) is 33.1 Å². The first kappa shape index (κ1) is 13.5. The van der Waals surface area contributed by atoms with Gasteiger partial charge in [0.25, 0.3) is 0 Å². The second kappa shape index (κ2) is 5.65. The molecule has 0 spiro atoms. The van der Waals surface area contributed by atoms with Crippen LogP contribution in [-0.2, 0) is 9.47 Å². The molecule has 3 unspecified atom stereocenters. The Balaban J connectivity index is 2.36. The molecular formula is C12H23BrO2. The summed E-state index contributed by atoms with van der Waals surface area (Å²) in [7, 11) is 0. The molecule has 1 fully saturated rings. The second-order valence-corrected chi connectivity index (χ2v) is 6.03. The molecule has 0 aliphatic heterocycles. The number of alkyl halides is 1. The molecule has 3 atom stereocenters. The summed E-state index contributed by atoms with van der Waals surface area (Å²) >= 11 is 3.62. The molecule has 1 saturated carbocycles. The average Bonchev–Trinajstić information content (AvgIpc) is 2.17. The smallest absolute Gasteiger partial charge is 0.0962 e. The molecule has 90 valence electrons. The van der Waals surface area contributed by atoms with Gasteiger partial charge in [-0.25, -0.2) is 0 Å². The van der Waals surface area contributed by atoms with Crippen LogP contribution < -0.4 is 0 Å². The molecule has 1 aliphatic carbocycles. The summed E-state index contributed by atoms with van der Waals surface area (Å²) in [6.07, 6.45) is 3.70. The highest BCUT2D eigenvalue weighted by molar-refractivity contribution is 9.09. The minimum absolute atomic E-state index is 0.0222. The largest absolute Gasteiger partial charge is 0.374 e. The van der Waals surface area contributed by atoms with E-state index in [1.165, 1.54) is 0 Å². The van der Waals surface area contributed by atoms with E-state index in [1.54, 1.807) is 0 Å². The molecule has 0 radical (unpaired) electrons. The van der Waals surface area contributed by atoms with Gasteiger partial charge in [0.15, 0.2) is 0 Å². The van der Waals surface area contributed by atoms with E-state index < -0.39 is 0 Å². The third-order valence-electron chi connectivity index (χ3n) is 3.02. The van der Waals surface area contributed by atoms with E-state index in [-0.39, 0.29) is 17.8 Å². The monoisotopic (exact) mass is 278 g/mol. The van der Waals surface area contributed by atoms with Gasteiger partial charge < -0.3 is 9.47 Å². The van der Waals surface area contributed by atoms with Gasteiger partial charge in [0, 0.05) is 11.4 Å². The maximum absolute atomic E-state index is 6.05. The number of halogens is 1. The van der Waals surface area contributed by atoms with Crippen molar-refractivity contribution in [2.75, 3.05) is 6.61 Å². The van der Waals surface area contributed by atoms with E-state index in [2.05, 4.69) is 43.6 Å². The number of hydrogen-bond donors (Lipinski definition) is 0. The van der Waals surface area contributed by atoms with Crippen LogP contribution in [0.4, 0.5) is 0 Å². The fraction of sp³-hybridized carbons (Fsp3) is 1.00. The zero-order valence-corrected chi connectivity index (χ0v) is 11.8. The first-order valence-corrected chi connectivity index (χ1v) is 6.85. The highest BCUT2D eigenvalue weighted by Gasteiger charge is 2.43. The lowest BCUT2D eigenvalue weighted by Gasteiger charge is -2.44. The second-order valence-electron chi connectivity index (χ2n) is 4.86. The van der Waals surface area contributed by atoms with Gasteiger partial charge >= 0.3 is 0 Å². The molecule has 0 saturated heterocycles. The van der Waals surface area contributed by atoms with Gasteiger partial charge in [0.1, 0.15) is 0 Å². The molecule has 0 bridgehead atoms. The predicted octanol–water partition coefficient (Wildman–Crippen LogP) is 3.52. The van der Waals surface area contributed by atoms with Crippen LogP contribution in [0.2, 0.25) is 0 Å². The Bertz CT molecular complexity index is 194. The molecule has 0 amide bonds. The summed E-state index contributed by atoms with van der Waals surface area (Å²) in [4.78, 5) is 0.474. The Kier molecular flexibility index (Phi) is 5.07. The standard InChI is InChI=1S/C12H23BrO2/c1-5-7-14-11-9(13)8-10(11)15-12(3,4)6-2/h9-11H,5-8H2,1-4H3. The number of rotatable bonds is 6. The lowest BCUT2D eigenvalue weighted by molar-refractivity contribution is -0.173. The van der Waals surface area contributed by atoms with Crippen molar-refractivity contribution >= 4 is 15.9 Å². The molecule has 1 aliphatic rings. The fourth-order valence-corrected chi connectivity index (χ4v) is 2.46. The maximum Gasteiger partial charge on any atom is 0.0962 e. The van der Waals surface area contributed by atoms with Gasteiger partial charge in [-0.1, -0.05) is 29.8 Å². The number of hydrogen-bond acceptors (Lipinski definition) is 2. The minimum Gasteiger partial charge on any atom is -0.374 e. The first-order chi connectivity index (χ1) is 7.00. The maximum atomic E-state index is 6.05. The lowest BCUT2D eigenvalue weighted by Crippen LogP contribution is -2.53. The predicted molar refractivity (Wildman–Crippen MR) is 66.6 cm³/mol. The van der Waals surface area contributed by atoms with Crippen molar-refractivity contribution < 1.29 is 9.47 Å². The van der Waals surface area contributed by atoms with Crippen molar-refractivity contribution in [2.45, 2.75) is 69.6 Å². The van der Waals surface area contributed by atoms with E-state index in [4.69, 9.17) is 9.47 Å². The van der Waals surface area contributed by atoms with Crippen molar-refractivity contribution in [3.05, 3.63) is 0 Å². The lowest BCUT2D eigenvalue weighted by atomic mass is 9.90. The Morgan fingerprint density at radius 3 is 2.47 bits per heavy atom. The molecule has 0 N–H and O–H groups in total. The summed E-state index contributed by atoms with van der Waals surface area (Å²) in [6.45, 7) is 9.41. The van der Waals surface area contributed by atoms with Gasteiger partial charge in [0.05, 0.1) is 17.8 Å². The first-order valence-electron chi connectivity index (χ1n) is 5.93. The van der Waals surface area contributed by atoms with Gasteiger partial charge in [-0.2, -0.15) is 0 Å². The highest BCUT2D eigenvalue weighted by atomic mass is 79.9. The Labute approximate surface area is 102 Å². The van der Waals surface area contributed by atoms with E-state index in [0.29, 0.717) is 4.83 Å². The third kappa shape index (κ3) is 3.72. The molecule has 0 aromatic rings. The summed E-state index contributed by atoms with van der Waals surface area (Å²) in [5.74, 6) is 0. The van der Waals surface area contributed by atoms with E-state index in [1.807, 2.05) is 0 Å². The normalized spacial score (nSPS) is 31.4. The van der Waals surface area contributed by atoms with E-state index in [9.17, 15) is 0 Å². The molecule has 0 heterocycles. The van der Waals surface area contributed by atoms with Crippen LogP contribution in [0.1, 0.15) is 47.0 Å². The van der Waals surface area contributed by atoms with Crippen LogP contribution in [0.15, 0.2) is 0 Å². The molecule has 0 aromatic heterocycles. The summed E-state index contributed by atoms with van der Waals surface area (Å²) < 4.78 is 11.8. The van der Waals surface area contributed by atoms with E-state index >= 15 is 0 Å². The van der Waals surface area contributed by atoms with Crippen LogP contribution in [0.25, 0.3) is 0 Å². The molecule has 0 aromatic carbocycles. The van der Waals surface area contributed by atoms with Crippen LogP contribution in [0.5, 0.6) is 0 Å². The topological polar surface area (TPSA) is 18.5 Å². The van der Waals surface area contributed by atoms with Crippen molar-refractivity contribution in [3.8, 4) is 0 Å². The van der Waals surface area contributed by atoms with Gasteiger partial charge in [0.2, 0.25) is 0 Å². The Morgan fingerprint density at radius 1 is 1.33 bits per heavy atom. The molecular weight excluding hydrogens is 256 g/mol. The van der Waals surface area contributed by atoms with Crippen molar-refractivity contribution in [3.63, 3.8) is 0 Å². The molecule has 15 heavy (non-hydrogen) atoms. The minimum atomic E-state index is -0.0222. The molecule has 3 heteroatoms. The summed E-state index contributed by atoms with van der Waals surface area (Å²) in [6, 6.07) is 0. The van der Waals surface area contributed by atoms with Crippen LogP contribution in [0, 0.1) is 0 Å². The molecule has 1 rings (SSSR count). The summed E-state index contributed by atoms with van der Waals surface area (Å²) in [5, 5.41) is 0. The number of ether oxygens (including phenoxy) is 2. The zero-order valence-electron chi connectivity index (χ0n) is 10.3. The van der Waals surface area contributed by atoms with Crippen LogP contribution in [0.3, 0.4) is 0 Å². The SMILES string of the molecule is CCCOC1C(Br)CC1OC(C)(C)CC. The van der Waals surface area contributed by atoms with Gasteiger partial charge in [-0.3, -0.25) is 0 Å². The van der Waals surface area contributed by atoms with Crippen molar-refractivity contribution in [1.82, 2.24) is 0 Å². The fourth-order valence-electron chi connectivity index (χ4n) is 1.60. The van der Waals surface area contributed by atoms with Gasteiger partial charge in [-0.15, -0.1) is 0 Å². The Hall–Kier alpha value is 0.400. The highest BCUT2D eigenvalue weighted by Crippen LogP contribution is 2.36. The quantitative estimate of drug-likeness (QED) is 0.692. The van der Waals surface area contributed by atoms with E-state index in [0.717, 1.165) is 25.9 Å². The zero-order chi connectivity index (χ0) is 11.5. The third-order valence-corrected chi connectivity index (χ3v) is 3.91. The van der Waals surface area contributed by atoms with Crippen LogP contribution >= 0.6 is 15.9 Å². The Morgan fingerprint density at radius 2 is 2.00 bits per heavy atom. The van der Waals surface area contributed by atoms with Crippen LogP contribution in [-0.4, -0.2) is 29.2 Å². The summed E-state index contributed by atoms with van der Waals surface area (Å²) in [5.41, 5.74) is -0.0222.